The molecule has 0 saturated carbocycles. The molecule has 0 aliphatic rings. The van der Waals surface area contributed by atoms with E-state index in [1.54, 1.807) is 24.3 Å². The fourth-order valence-corrected chi connectivity index (χ4v) is 2.76. The van der Waals surface area contributed by atoms with Gasteiger partial charge < -0.3 is 15.1 Å². The summed E-state index contributed by atoms with van der Waals surface area (Å²) >= 11 is 0. The molecule has 2 amide bonds. The first-order chi connectivity index (χ1) is 13.1. The lowest BCUT2D eigenvalue weighted by molar-refractivity contribution is -0.121. The number of benzene rings is 2. The van der Waals surface area contributed by atoms with E-state index >= 15 is 0 Å². The lowest BCUT2D eigenvalue weighted by atomic mass is 9.97. The van der Waals surface area contributed by atoms with Gasteiger partial charge in [-0.05, 0) is 41.3 Å². The number of nitrogens with one attached hydrogen (secondary N) is 2. The summed E-state index contributed by atoms with van der Waals surface area (Å²) in [5.74, 6) is 0.154. The molecule has 27 heavy (non-hydrogen) atoms. The Hall–Kier alpha value is -3.34. The van der Waals surface area contributed by atoms with E-state index in [4.69, 9.17) is 4.42 Å². The molecule has 5 heteroatoms. The fourth-order valence-electron chi connectivity index (χ4n) is 2.76. The third-order valence-corrected chi connectivity index (χ3v) is 4.31. The summed E-state index contributed by atoms with van der Waals surface area (Å²) in [5.41, 5.74) is 2.79. The molecule has 0 aliphatic carbocycles. The molecule has 2 aromatic carbocycles. The van der Waals surface area contributed by atoms with Crippen LogP contribution in [0.1, 0.15) is 40.9 Å². The molecule has 0 aliphatic heterocycles. The van der Waals surface area contributed by atoms with E-state index in [1.807, 2.05) is 49.4 Å². The van der Waals surface area contributed by atoms with Gasteiger partial charge in [0.05, 0.1) is 6.26 Å². The molecular formula is C22H22N2O3. The zero-order valence-electron chi connectivity index (χ0n) is 15.1. The van der Waals surface area contributed by atoms with Crippen LogP contribution in [0.4, 0.5) is 5.69 Å². The smallest absolute Gasteiger partial charge is 0.291 e. The Morgan fingerprint density at radius 3 is 2.37 bits per heavy atom. The summed E-state index contributed by atoms with van der Waals surface area (Å²) in [6, 6.07) is 20.6. The normalized spacial score (nSPS) is 11.6. The average molecular weight is 362 g/mol. The van der Waals surface area contributed by atoms with Crippen LogP contribution in [0.2, 0.25) is 0 Å². The van der Waals surface area contributed by atoms with E-state index < -0.39 is 0 Å². The van der Waals surface area contributed by atoms with Gasteiger partial charge in [-0.25, -0.2) is 0 Å². The standard InChI is InChI=1S/C22H22N2O3/c1-16(18-6-3-2-4-7-18)14-21(25)23-15-17-9-11-19(12-10-17)24-22(26)20-8-5-13-27-20/h2-13,16H,14-15H2,1H3,(H,23,25)(H,24,26). The lowest BCUT2D eigenvalue weighted by Crippen LogP contribution is -2.24. The van der Waals surface area contributed by atoms with Crippen molar-refractivity contribution in [1.82, 2.24) is 5.32 Å². The Morgan fingerprint density at radius 2 is 1.70 bits per heavy atom. The van der Waals surface area contributed by atoms with Crippen LogP contribution in [0, 0.1) is 0 Å². The number of anilines is 1. The number of carbonyl (C=O) groups excluding carboxylic acids is 2. The Balaban J connectivity index is 1.47. The van der Waals surface area contributed by atoms with Crippen molar-refractivity contribution in [2.45, 2.75) is 25.8 Å². The Kier molecular flexibility index (Phi) is 6.05. The Bertz CT molecular complexity index is 872. The summed E-state index contributed by atoms with van der Waals surface area (Å²) in [6.07, 6.45) is 1.90. The van der Waals surface area contributed by atoms with E-state index in [9.17, 15) is 9.59 Å². The summed E-state index contributed by atoms with van der Waals surface area (Å²) in [5, 5.41) is 5.70. The zero-order valence-corrected chi connectivity index (χ0v) is 15.1. The molecule has 5 nitrogen and oxygen atoms in total. The van der Waals surface area contributed by atoms with Gasteiger partial charge in [0, 0.05) is 18.7 Å². The topological polar surface area (TPSA) is 71.3 Å². The minimum Gasteiger partial charge on any atom is -0.459 e. The Morgan fingerprint density at radius 1 is 0.963 bits per heavy atom. The number of rotatable bonds is 7. The van der Waals surface area contributed by atoms with Crippen molar-refractivity contribution >= 4 is 17.5 Å². The quantitative estimate of drug-likeness (QED) is 0.657. The van der Waals surface area contributed by atoms with Crippen LogP contribution >= 0.6 is 0 Å². The van der Waals surface area contributed by atoms with Crippen LogP contribution < -0.4 is 10.6 Å². The average Bonchev–Trinajstić information content (AvgIpc) is 3.23. The second-order valence-electron chi connectivity index (χ2n) is 6.42. The van der Waals surface area contributed by atoms with E-state index in [0.717, 1.165) is 11.1 Å². The van der Waals surface area contributed by atoms with Crippen LogP contribution in [-0.2, 0) is 11.3 Å². The van der Waals surface area contributed by atoms with Crippen molar-refractivity contribution in [3.8, 4) is 0 Å². The van der Waals surface area contributed by atoms with Gasteiger partial charge in [-0.3, -0.25) is 9.59 Å². The molecule has 3 aromatic rings. The minimum absolute atomic E-state index is 0.0153. The molecule has 1 unspecified atom stereocenters. The highest BCUT2D eigenvalue weighted by atomic mass is 16.3. The van der Waals surface area contributed by atoms with Crippen LogP contribution in [0.3, 0.4) is 0 Å². The highest BCUT2D eigenvalue weighted by Crippen LogP contribution is 2.18. The molecule has 0 fully saturated rings. The van der Waals surface area contributed by atoms with Gasteiger partial charge in [-0.1, -0.05) is 49.4 Å². The number of hydrogen-bond acceptors (Lipinski definition) is 3. The molecule has 2 N–H and O–H groups in total. The van der Waals surface area contributed by atoms with Gasteiger partial charge in [-0.2, -0.15) is 0 Å². The van der Waals surface area contributed by atoms with Crippen LogP contribution in [0.5, 0.6) is 0 Å². The van der Waals surface area contributed by atoms with Gasteiger partial charge in [-0.15, -0.1) is 0 Å². The molecule has 0 radical (unpaired) electrons. The zero-order chi connectivity index (χ0) is 19.1. The van der Waals surface area contributed by atoms with Gasteiger partial charge in [0.1, 0.15) is 0 Å². The molecule has 0 saturated heterocycles. The van der Waals surface area contributed by atoms with Crippen molar-refractivity contribution in [1.29, 1.82) is 0 Å². The predicted octanol–water partition coefficient (Wildman–Crippen LogP) is 4.34. The van der Waals surface area contributed by atoms with Crippen LogP contribution in [-0.4, -0.2) is 11.8 Å². The van der Waals surface area contributed by atoms with Gasteiger partial charge in [0.2, 0.25) is 5.91 Å². The van der Waals surface area contributed by atoms with Crippen molar-refractivity contribution in [3.63, 3.8) is 0 Å². The van der Waals surface area contributed by atoms with Crippen LogP contribution in [0.25, 0.3) is 0 Å². The third kappa shape index (κ3) is 5.31. The maximum atomic E-state index is 12.2. The molecule has 138 valence electrons. The first-order valence-electron chi connectivity index (χ1n) is 8.87. The summed E-state index contributed by atoms with van der Waals surface area (Å²) in [7, 11) is 0. The minimum atomic E-state index is -0.295. The molecule has 1 heterocycles. The number of furan rings is 1. The number of amides is 2. The van der Waals surface area contributed by atoms with Gasteiger partial charge >= 0.3 is 0 Å². The highest BCUT2D eigenvalue weighted by molar-refractivity contribution is 6.02. The first-order valence-corrected chi connectivity index (χ1v) is 8.87. The molecule has 0 spiro atoms. The molecular weight excluding hydrogens is 340 g/mol. The summed E-state index contributed by atoms with van der Waals surface area (Å²) in [6.45, 7) is 2.50. The van der Waals surface area contributed by atoms with E-state index in [2.05, 4.69) is 10.6 Å². The molecule has 1 atom stereocenters. The molecule has 0 bridgehead atoms. The van der Waals surface area contributed by atoms with E-state index in [0.29, 0.717) is 18.7 Å². The highest BCUT2D eigenvalue weighted by Gasteiger charge is 2.11. The van der Waals surface area contributed by atoms with Crippen molar-refractivity contribution in [2.24, 2.45) is 0 Å². The lowest BCUT2D eigenvalue weighted by Gasteiger charge is -2.12. The van der Waals surface area contributed by atoms with E-state index in [-0.39, 0.29) is 23.5 Å². The largest absolute Gasteiger partial charge is 0.459 e. The third-order valence-electron chi connectivity index (χ3n) is 4.31. The molecule has 1 aromatic heterocycles. The maximum absolute atomic E-state index is 12.2. The summed E-state index contributed by atoms with van der Waals surface area (Å²) in [4.78, 5) is 24.1. The summed E-state index contributed by atoms with van der Waals surface area (Å²) < 4.78 is 5.06. The predicted molar refractivity (Wildman–Crippen MR) is 104 cm³/mol. The van der Waals surface area contributed by atoms with Gasteiger partial charge in [0.15, 0.2) is 5.76 Å². The molecule has 3 rings (SSSR count). The van der Waals surface area contributed by atoms with Crippen molar-refractivity contribution in [3.05, 3.63) is 89.9 Å². The van der Waals surface area contributed by atoms with E-state index in [1.165, 1.54) is 6.26 Å². The SMILES string of the molecule is CC(CC(=O)NCc1ccc(NC(=O)c2ccco2)cc1)c1ccccc1. The number of hydrogen-bond donors (Lipinski definition) is 2. The van der Waals surface area contributed by atoms with Crippen molar-refractivity contribution in [2.75, 3.05) is 5.32 Å². The monoisotopic (exact) mass is 362 g/mol. The van der Waals surface area contributed by atoms with Crippen molar-refractivity contribution < 1.29 is 14.0 Å². The second kappa shape index (κ2) is 8.85. The van der Waals surface area contributed by atoms with Gasteiger partial charge in [0.25, 0.3) is 5.91 Å². The maximum Gasteiger partial charge on any atom is 0.291 e. The number of carbonyl (C=O) groups is 2. The van der Waals surface area contributed by atoms with Crippen LogP contribution in [0.15, 0.2) is 77.4 Å². The first kappa shape index (κ1) is 18.5. The Labute approximate surface area is 158 Å². The second-order valence-corrected chi connectivity index (χ2v) is 6.42. The fraction of sp³-hybridized carbons (Fsp3) is 0.182.